The summed E-state index contributed by atoms with van der Waals surface area (Å²) in [4.78, 5) is 0. The highest BCUT2D eigenvalue weighted by Crippen LogP contribution is 2.06. The van der Waals surface area contributed by atoms with E-state index in [0.717, 1.165) is 6.42 Å². The van der Waals surface area contributed by atoms with E-state index in [2.05, 4.69) is 5.32 Å². The van der Waals surface area contributed by atoms with Gasteiger partial charge in [-0.15, -0.1) is 0 Å². The minimum Gasteiger partial charge on any atom is -0.383 e. The maximum Gasteiger partial charge on any atom is 0.152 e. The lowest BCUT2D eigenvalue weighted by molar-refractivity contribution is 0.165. The second kappa shape index (κ2) is 7.19. The minimum atomic E-state index is -2.89. The maximum absolute atomic E-state index is 11.5. The Kier molecular flexibility index (Phi) is 7.13. The normalized spacial score (nSPS) is 14.5. The molecule has 1 atom stereocenters. The molecule has 0 aromatic rings. The van der Waals surface area contributed by atoms with E-state index in [1.807, 2.05) is 7.05 Å². The highest BCUT2D eigenvalue weighted by Gasteiger charge is 2.16. The monoisotopic (exact) mass is 237 g/mol. The van der Waals surface area contributed by atoms with Crippen LogP contribution < -0.4 is 5.32 Å². The van der Waals surface area contributed by atoms with E-state index in [4.69, 9.17) is 4.74 Å². The highest BCUT2D eigenvalue weighted by molar-refractivity contribution is 7.91. The Hall–Kier alpha value is -0.130. The second-order valence-corrected chi connectivity index (χ2v) is 6.68. The third-order valence-electron chi connectivity index (χ3n) is 2.48. The first-order valence-corrected chi connectivity index (χ1v) is 7.03. The standard InChI is InChI=1S/C10H23NO3S/c1-9(2)15(12,13)7-5-6-10(11-3)8-14-4/h9-11H,5-8H2,1-4H3. The fourth-order valence-corrected chi connectivity index (χ4v) is 2.32. The van der Waals surface area contributed by atoms with Gasteiger partial charge in [0.25, 0.3) is 0 Å². The van der Waals surface area contributed by atoms with Gasteiger partial charge in [-0.3, -0.25) is 0 Å². The first-order valence-electron chi connectivity index (χ1n) is 5.31. The van der Waals surface area contributed by atoms with Crippen LogP contribution in [0.2, 0.25) is 0 Å². The van der Waals surface area contributed by atoms with E-state index >= 15 is 0 Å². The SMILES string of the molecule is CNC(CCCS(=O)(=O)C(C)C)COC. The molecule has 0 aliphatic carbocycles. The van der Waals surface area contributed by atoms with E-state index in [-0.39, 0.29) is 17.0 Å². The molecule has 1 N–H and O–H groups in total. The molecule has 0 amide bonds. The molecule has 0 aromatic carbocycles. The van der Waals surface area contributed by atoms with Crippen molar-refractivity contribution in [2.45, 2.75) is 38.0 Å². The summed E-state index contributed by atoms with van der Waals surface area (Å²) in [6.45, 7) is 4.07. The molecule has 1 unspecified atom stereocenters. The quantitative estimate of drug-likeness (QED) is 0.679. The largest absolute Gasteiger partial charge is 0.383 e. The molecule has 4 nitrogen and oxygen atoms in total. The van der Waals surface area contributed by atoms with Gasteiger partial charge < -0.3 is 10.1 Å². The van der Waals surface area contributed by atoms with Gasteiger partial charge in [0, 0.05) is 13.2 Å². The van der Waals surface area contributed by atoms with Crippen LogP contribution in [0.5, 0.6) is 0 Å². The zero-order chi connectivity index (χ0) is 11.9. The Morgan fingerprint density at radius 2 is 1.93 bits per heavy atom. The molecule has 0 spiro atoms. The van der Waals surface area contributed by atoms with Crippen LogP contribution in [0, 0.1) is 0 Å². The number of nitrogens with one attached hydrogen (secondary N) is 1. The molecule has 0 saturated heterocycles. The Labute approximate surface area is 93.3 Å². The summed E-state index contributed by atoms with van der Waals surface area (Å²) in [6.07, 6.45) is 1.52. The smallest absolute Gasteiger partial charge is 0.152 e. The van der Waals surface area contributed by atoms with Gasteiger partial charge in [0.05, 0.1) is 17.6 Å². The third kappa shape index (κ3) is 6.12. The maximum atomic E-state index is 11.5. The minimum absolute atomic E-state index is 0.248. The van der Waals surface area contributed by atoms with Crippen LogP contribution in [-0.4, -0.2) is 46.2 Å². The highest BCUT2D eigenvalue weighted by atomic mass is 32.2. The van der Waals surface area contributed by atoms with Crippen LogP contribution >= 0.6 is 0 Å². The van der Waals surface area contributed by atoms with Crippen molar-refractivity contribution in [2.24, 2.45) is 0 Å². The van der Waals surface area contributed by atoms with Crippen molar-refractivity contribution >= 4 is 9.84 Å². The average molecular weight is 237 g/mol. The Morgan fingerprint density at radius 3 is 2.33 bits per heavy atom. The molecule has 0 aromatic heterocycles. The summed E-state index contributed by atoms with van der Waals surface area (Å²) in [5.74, 6) is 0.270. The number of methoxy groups -OCH3 is 1. The second-order valence-electron chi connectivity index (χ2n) is 4.00. The molecule has 0 saturated carbocycles. The molecule has 0 bridgehead atoms. The zero-order valence-corrected chi connectivity index (χ0v) is 10.9. The molecule has 0 heterocycles. The summed E-state index contributed by atoms with van der Waals surface area (Å²) in [5, 5.41) is 2.83. The molecule has 15 heavy (non-hydrogen) atoms. The van der Waals surface area contributed by atoms with Crippen LogP contribution in [0.25, 0.3) is 0 Å². The van der Waals surface area contributed by atoms with Gasteiger partial charge in [-0.25, -0.2) is 8.42 Å². The van der Waals surface area contributed by atoms with Crippen LogP contribution in [0.4, 0.5) is 0 Å². The zero-order valence-electron chi connectivity index (χ0n) is 10.1. The molecule has 0 radical (unpaired) electrons. The van der Waals surface area contributed by atoms with Crippen LogP contribution in [-0.2, 0) is 14.6 Å². The van der Waals surface area contributed by atoms with Gasteiger partial charge in [0.1, 0.15) is 0 Å². The number of sulfone groups is 1. The predicted molar refractivity (Wildman–Crippen MR) is 62.9 cm³/mol. The van der Waals surface area contributed by atoms with E-state index in [1.54, 1.807) is 21.0 Å². The van der Waals surface area contributed by atoms with Gasteiger partial charge in [0.15, 0.2) is 9.84 Å². The fourth-order valence-electron chi connectivity index (χ4n) is 1.28. The van der Waals surface area contributed by atoms with Gasteiger partial charge in [0.2, 0.25) is 0 Å². The summed E-state index contributed by atoms with van der Waals surface area (Å²) in [6, 6.07) is 0.248. The Bertz CT molecular complexity index is 249. The third-order valence-corrected chi connectivity index (χ3v) is 4.77. The van der Waals surface area contributed by atoms with E-state index in [0.29, 0.717) is 13.0 Å². The van der Waals surface area contributed by atoms with Crippen LogP contribution in [0.1, 0.15) is 26.7 Å². The number of ether oxygens (including phenoxy) is 1. The number of hydrogen-bond acceptors (Lipinski definition) is 4. The van der Waals surface area contributed by atoms with Gasteiger partial charge in [-0.1, -0.05) is 0 Å². The van der Waals surface area contributed by atoms with Crippen molar-refractivity contribution in [1.29, 1.82) is 0 Å². The van der Waals surface area contributed by atoms with E-state index in [9.17, 15) is 8.42 Å². The predicted octanol–water partition coefficient (Wildman–Crippen LogP) is 0.824. The topological polar surface area (TPSA) is 55.4 Å². The summed E-state index contributed by atoms with van der Waals surface area (Å²) in [7, 11) is 0.624. The molecule has 0 rings (SSSR count). The van der Waals surface area contributed by atoms with Crippen LogP contribution in [0.15, 0.2) is 0 Å². The summed E-state index contributed by atoms with van der Waals surface area (Å²) in [5.41, 5.74) is 0. The van der Waals surface area contributed by atoms with Gasteiger partial charge >= 0.3 is 0 Å². The van der Waals surface area contributed by atoms with Crippen molar-refractivity contribution < 1.29 is 13.2 Å². The summed E-state index contributed by atoms with van der Waals surface area (Å²) < 4.78 is 28.0. The van der Waals surface area contributed by atoms with E-state index in [1.165, 1.54) is 0 Å². The lowest BCUT2D eigenvalue weighted by Gasteiger charge is -2.15. The van der Waals surface area contributed by atoms with Crippen molar-refractivity contribution in [2.75, 3.05) is 26.5 Å². The summed E-state index contributed by atoms with van der Waals surface area (Å²) >= 11 is 0. The lowest BCUT2D eigenvalue weighted by atomic mass is 10.2. The Balaban J connectivity index is 3.87. The van der Waals surface area contributed by atoms with Gasteiger partial charge in [-0.05, 0) is 33.7 Å². The van der Waals surface area contributed by atoms with Crippen molar-refractivity contribution in [3.05, 3.63) is 0 Å². The number of rotatable bonds is 8. The molecule has 5 heteroatoms. The van der Waals surface area contributed by atoms with Crippen molar-refractivity contribution in [3.63, 3.8) is 0 Å². The fraction of sp³-hybridized carbons (Fsp3) is 1.00. The lowest BCUT2D eigenvalue weighted by Crippen LogP contribution is -2.30. The van der Waals surface area contributed by atoms with Crippen molar-refractivity contribution in [3.8, 4) is 0 Å². The first kappa shape index (κ1) is 14.9. The first-order chi connectivity index (χ1) is 6.94. The molecular formula is C10H23NO3S. The molecule has 92 valence electrons. The number of hydrogen-bond donors (Lipinski definition) is 1. The van der Waals surface area contributed by atoms with Gasteiger partial charge in [-0.2, -0.15) is 0 Å². The van der Waals surface area contributed by atoms with Crippen molar-refractivity contribution in [1.82, 2.24) is 5.32 Å². The number of likely N-dealkylation sites (N-methyl/N-ethyl adjacent to an activating group) is 1. The average Bonchev–Trinajstić information content (AvgIpc) is 2.16. The molecule has 0 aliphatic rings. The molecular weight excluding hydrogens is 214 g/mol. The Morgan fingerprint density at radius 1 is 1.33 bits per heavy atom. The molecule has 0 fully saturated rings. The molecule has 0 aliphatic heterocycles. The van der Waals surface area contributed by atoms with E-state index < -0.39 is 9.84 Å². The van der Waals surface area contributed by atoms with Crippen LogP contribution in [0.3, 0.4) is 0 Å².